The van der Waals surface area contributed by atoms with E-state index in [9.17, 15) is 9.59 Å². The minimum absolute atomic E-state index is 0.0425. The van der Waals surface area contributed by atoms with E-state index in [4.69, 9.17) is 4.74 Å². The number of hydrogen-bond donors (Lipinski definition) is 0. The van der Waals surface area contributed by atoms with E-state index < -0.39 is 0 Å². The molecule has 0 aliphatic carbocycles. The molecular weight excluding hydrogens is 350 g/mol. The summed E-state index contributed by atoms with van der Waals surface area (Å²) in [4.78, 5) is 34.1. The Hall–Kier alpha value is -2.25. The van der Waals surface area contributed by atoms with Gasteiger partial charge in [0.1, 0.15) is 9.88 Å². The fourth-order valence-corrected chi connectivity index (χ4v) is 3.90. The molecule has 3 rings (SSSR count). The molecule has 1 aromatic heterocycles. The molecule has 1 fully saturated rings. The number of nitrogens with zero attached hydrogens (tertiary/aromatic N) is 3. The van der Waals surface area contributed by atoms with Crippen molar-refractivity contribution in [1.82, 2.24) is 14.8 Å². The topological polar surface area (TPSA) is 62.7 Å². The van der Waals surface area contributed by atoms with Crippen molar-refractivity contribution >= 4 is 23.2 Å². The van der Waals surface area contributed by atoms with Crippen LogP contribution in [0.2, 0.25) is 0 Å². The molecule has 7 heteroatoms. The zero-order valence-corrected chi connectivity index (χ0v) is 16.1. The molecule has 0 bridgehead atoms. The monoisotopic (exact) mass is 373 g/mol. The Labute approximate surface area is 157 Å². The molecule has 0 saturated carbocycles. The van der Waals surface area contributed by atoms with Crippen LogP contribution in [0.3, 0.4) is 0 Å². The third-order valence-corrected chi connectivity index (χ3v) is 5.60. The quantitative estimate of drug-likeness (QED) is 0.771. The molecule has 0 atom stereocenters. The number of aromatic nitrogens is 1. The van der Waals surface area contributed by atoms with E-state index in [1.54, 1.807) is 25.1 Å². The summed E-state index contributed by atoms with van der Waals surface area (Å²) in [6, 6.07) is 7.18. The third kappa shape index (κ3) is 3.94. The van der Waals surface area contributed by atoms with Gasteiger partial charge in [-0.1, -0.05) is 12.1 Å². The predicted molar refractivity (Wildman–Crippen MR) is 102 cm³/mol. The number of aryl methyl sites for hydroxylation is 1. The smallest absolute Gasteiger partial charge is 0.338 e. The van der Waals surface area contributed by atoms with Gasteiger partial charge < -0.3 is 14.5 Å². The number of esters is 1. The van der Waals surface area contributed by atoms with Crippen LogP contribution in [0, 0.1) is 6.92 Å². The number of amides is 1. The Bertz CT molecular complexity index is 810. The lowest BCUT2D eigenvalue weighted by Gasteiger charge is -2.32. The Morgan fingerprint density at radius 3 is 2.65 bits per heavy atom. The molecule has 1 aliphatic rings. The van der Waals surface area contributed by atoms with Gasteiger partial charge in [0.15, 0.2) is 0 Å². The fraction of sp³-hybridized carbons (Fsp3) is 0.421. The van der Waals surface area contributed by atoms with E-state index in [1.165, 1.54) is 11.3 Å². The number of rotatable bonds is 4. The Morgan fingerprint density at radius 1 is 1.23 bits per heavy atom. The molecule has 0 radical (unpaired) electrons. The van der Waals surface area contributed by atoms with Crippen molar-refractivity contribution in [2.24, 2.45) is 0 Å². The maximum atomic E-state index is 12.8. The summed E-state index contributed by atoms with van der Waals surface area (Å²) in [5.41, 5.74) is 2.04. The van der Waals surface area contributed by atoms with Crippen LogP contribution in [0.5, 0.6) is 0 Å². The van der Waals surface area contributed by atoms with Gasteiger partial charge in [-0.3, -0.25) is 4.79 Å². The lowest BCUT2D eigenvalue weighted by Crippen LogP contribution is -2.47. The zero-order valence-electron chi connectivity index (χ0n) is 15.3. The van der Waals surface area contributed by atoms with Crippen LogP contribution in [0.1, 0.15) is 32.6 Å². The average Bonchev–Trinajstić information content (AvgIpc) is 3.04. The maximum absolute atomic E-state index is 12.8. The first-order valence-electron chi connectivity index (χ1n) is 8.72. The number of carbonyl (C=O) groups is 2. The lowest BCUT2D eigenvalue weighted by atomic mass is 10.1. The second-order valence-corrected chi connectivity index (χ2v) is 7.33. The second kappa shape index (κ2) is 7.97. The molecule has 1 amide bonds. The van der Waals surface area contributed by atoms with E-state index in [-0.39, 0.29) is 11.9 Å². The summed E-state index contributed by atoms with van der Waals surface area (Å²) < 4.78 is 5.05. The Balaban J connectivity index is 1.83. The molecular formula is C19H23N3O3S. The number of ether oxygens (including phenoxy) is 1. The highest BCUT2D eigenvalue weighted by Crippen LogP contribution is 2.29. The van der Waals surface area contributed by atoms with Crippen LogP contribution in [0.15, 0.2) is 24.3 Å². The van der Waals surface area contributed by atoms with Crippen molar-refractivity contribution < 1.29 is 14.3 Å². The third-order valence-electron chi connectivity index (χ3n) is 4.40. The van der Waals surface area contributed by atoms with Crippen molar-refractivity contribution in [3.8, 4) is 10.6 Å². The number of carbonyl (C=O) groups excluding carboxylic acids is 2. The summed E-state index contributed by atoms with van der Waals surface area (Å²) in [6.07, 6.45) is 0. The first kappa shape index (κ1) is 18.5. The van der Waals surface area contributed by atoms with E-state index in [2.05, 4.69) is 16.9 Å². The van der Waals surface area contributed by atoms with Gasteiger partial charge in [-0.05, 0) is 33.0 Å². The molecule has 1 saturated heterocycles. The molecule has 0 spiro atoms. The van der Waals surface area contributed by atoms with E-state index in [0.717, 1.165) is 42.4 Å². The van der Waals surface area contributed by atoms with Crippen molar-refractivity contribution in [2.75, 3.05) is 39.8 Å². The fourth-order valence-electron chi connectivity index (χ4n) is 2.87. The van der Waals surface area contributed by atoms with E-state index in [0.29, 0.717) is 17.0 Å². The van der Waals surface area contributed by atoms with Crippen LogP contribution in [0.4, 0.5) is 0 Å². The van der Waals surface area contributed by atoms with Gasteiger partial charge in [0.25, 0.3) is 5.91 Å². The normalized spacial score (nSPS) is 15.1. The highest BCUT2D eigenvalue weighted by atomic mass is 32.1. The molecule has 1 aromatic carbocycles. The summed E-state index contributed by atoms with van der Waals surface area (Å²) in [5, 5.41) is 0.742. The van der Waals surface area contributed by atoms with E-state index in [1.807, 2.05) is 17.9 Å². The molecule has 2 heterocycles. The standard InChI is InChI=1S/C19H23N3O3S/c1-4-25-19(24)15-7-5-6-14(12-15)17-20-13(2)16(26-17)18(23)22-10-8-21(3)9-11-22/h5-7,12H,4,8-11H2,1-3H3. The van der Waals surface area contributed by atoms with Crippen molar-refractivity contribution in [3.63, 3.8) is 0 Å². The molecule has 2 aromatic rings. The average molecular weight is 373 g/mol. The van der Waals surface area contributed by atoms with Crippen molar-refractivity contribution in [2.45, 2.75) is 13.8 Å². The number of benzene rings is 1. The molecule has 0 N–H and O–H groups in total. The molecule has 6 nitrogen and oxygen atoms in total. The number of hydrogen-bond acceptors (Lipinski definition) is 6. The van der Waals surface area contributed by atoms with Gasteiger partial charge in [-0.2, -0.15) is 0 Å². The van der Waals surface area contributed by atoms with Crippen LogP contribution in [-0.2, 0) is 4.74 Å². The Kier molecular flexibility index (Phi) is 5.68. The second-order valence-electron chi connectivity index (χ2n) is 6.33. The van der Waals surface area contributed by atoms with Crippen LogP contribution in [0.25, 0.3) is 10.6 Å². The highest BCUT2D eigenvalue weighted by molar-refractivity contribution is 7.17. The minimum atomic E-state index is -0.351. The molecule has 138 valence electrons. The molecule has 26 heavy (non-hydrogen) atoms. The van der Waals surface area contributed by atoms with Gasteiger partial charge >= 0.3 is 5.97 Å². The largest absolute Gasteiger partial charge is 0.462 e. The number of piperazine rings is 1. The number of thiazole rings is 1. The molecule has 1 aliphatic heterocycles. The van der Waals surface area contributed by atoms with Crippen LogP contribution >= 0.6 is 11.3 Å². The molecule has 0 unspecified atom stereocenters. The van der Waals surface area contributed by atoms with Crippen molar-refractivity contribution in [3.05, 3.63) is 40.4 Å². The van der Waals surface area contributed by atoms with Gasteiger partial charge in [-0.25, -0.2) is 9.78 Å². The number of likely N-dealkylation sites (N-methyl/N-ethyl adjacent to an activating group) is 1. The highest BCUT2D eigenvalue weighted by Gasteiger charge is 2.24. The first-order chi connectivity index (χ1) is 12.5. The first-order valence-corrected chi connectivity index (χ1v) is 9.54. The zero-order chi connectivity index (χ0) is 18.7. The predicted octanol–water partition coefficient (Wildman–Crippen LogP) is 2.68. The summed E-state index contributed by atoms with van der Waals surface area (Å²) in [7, 11) is 2.06. The van der Waals surface area contributed by atoms with Gasteiger partial charge in [0.05, 0.1) is 17.9 Å². The SMILES string of the molecule is CCOC(=O)c1cccc(-c2nc(C)c(C(=O)N3CCN(C)CC3)s2)c1. The van der Waals surface area contributed by atoms with E-state index >= 15 is 0 Å². The van der Waals surface area contributed by atoms with Gasteiger partial charge in [0.2, 0.25) is 0 Å². The van der Waals surface area contributed by atoms with Crippen LogP contribution < -0.4 is 0 Å². The maximum Gasteiger partial charge on any atom is 0.338 e. The summed E-state index contributed by atoms with van der Waals surface area (Å²) in [5.74, 6) is -0.308. The van der Waals surface area contributed by atoms with Crippen LogP contribution in [-0.4, -0.2) is 66.5 Å². The van der Waals surface area contributed by atoms with Crippen molar-refractivity contribution in [1.29, 1.82) is 0 Å². The lowest BCUT2D eigenvalue weighted by molar-refractivity contribution is 0.0526. The minimum Gasteiger partial charge on any atom is -0.462 e. The van der Waals surface area contributed by atoms with Gasteiger partial charge in [0, 0.05) is 31.7 Å². The Morgan fingerprint density at radius 2 is 1.96 bits per heavy atom. The summed E-state index contributed by atoms with van der Waals surface area (Å²) >= 11 is 1.38. The van der Waals surface area contributed by atoms with Gasteiger partial charge in [-0.15, -0.1) is 11.3 Å². The summed E-state index contributed by atoms with van der Waals surface area (Å²) in [6.45, 7) is 7.22.